The highest BCUT2D eigenvalue weighted by molar-refractivity contribution is 5.96. The Kier molecular flexibility index (Phi) is 4.35. The van der Waals surface area contributed by atoms with E-state index in [0.29, 0.717) is 16.9 Å². The summed E-state index contributed by atoms with van der Waals surface area (Å²) in [6.45, 7) is 3.85. The zero-order valence-corrected chi connectivity index (χ0v) is 11.8. The van der Waals surface area contributed by atoms with Gasteiger partial charge in [0.25, 0.3) is 5.91 Å². The number of amides is 1. The predicted molar refractivity (Wildman–Crippen MR) is 80.3 cm³/mol. The van der Waals surface area contributed by atoms with E-state index < -0.39 is 0 Å². The third-order valence-corrected chi connectivity index (χ3v) is 3.27. The molecule has 0 saturated heterocycles. The van der Waals surface area contributed by atoms with E-state index in [1.165, 1.54) is 0 Å². The van der Waals surface area contributed by atoms with Crippen molar-refractivity contribution in [2.45, 2.75) is 26.3 Å². The Hall–Kier alpha value is -2.36. The van der Waals surface area contributed by atoms with Gasteiger partial charge in [-0.05, 0) is 25.0 Å². The number of aryl methyl sites for hydroxylation is 1. The van der Waals surface area contributed by atoms with Gasteiger partial charge in [0, 0.05) is 0 Å². The molecule has 1 unspecified atom stereocenters. The van der Waals surface area contributed by atoms with Crippen LogP contribution in [0, 0.1) is 6.92 Å². The van der Waals surface area contributed by atoms with E-state index in [1.807, 2.05) is 37.3 Å². The second-order valence-corrected chi connectivity index (χ2v) is 4.75. The maximum Gasteiger partial charge on any atom is 0.253 e. The monoisotopic (exact) mass is 269 g/mol. The number of rotatable bonds is 4. The topological polar surface area (TPSA) is 68.0 Å². The number of nitrogens with zero attached hydrogens (tertiary/aromatic N) is 1. The molecule has 1 heterocycles. The van der Waals surface area contributed by atoms with Crippen LogP contribution in [-0.4, -0.2) is 10.9 Å². The summed E-state index contributed by atoms with van der Waals surface area (Å²) in [6, 6.07) is 11.6. The van der Waals surface area contributed by atoms with Crippen molar-refractivity contribution < 1.29 is 4.79 Å². The lowest BCUT2D eigenvalue weighted by atomic mass is 10.0. The molecule has 2 rings (SSSR count). The molecule has 0 aliphatic carbocycles. The summed E-state index contributed by atoms with van der Waals surface area (Å²) in [5.74, 6) is -0.141. The van der Waals surface area contributed by atoms with Crippen molar-refractivity contribution >= 4 is 11.6 Å². The summed E-state index contributed by atoms with van der Waals surface area (Å²) >= 11 is 0. The van der Waals surface area contributed by atoms with Crippen LogP contribution in [0.1, 0.15) is 41.0 Å². The largest absolute Gasteiger partial charge is 0.397 e. The van der Waals surface area contributed by atoms with Crippen molar-refractivity contribution in [1.82, 2.24) is 10.3 Å². The van der Waals surface area contributed by atoms with Gasteiger partial charge in [0.05, 0.1) is 29.2 Å². The zero-order valence-electron chi connectivity index (χ0n) is 11.8. The molecule has 0 fully saturated rings. The average Bonchev–Trinajstić information content (AvgIpc) is 2.48. The van der Waals surface area contributed by atoms with Crippen molar-refractivity contribution in [2.24, 2.45) is 0 Å². The quantitative estimate of drug-likeness (QED) is 0.896. The number of carbonyl (C=O) groups excluding carboxylic acids is 1. The van der Waals surface area contributed by atoms with E-state index in [0.717, 1.165) is 12.0 Å². The first-order valence-electron chi connectivity index (χ1n) is 6.69. The molecule has 1 aromatic carbocycles. The first-order valence-corrected chi connectivity index (χ1v) is 6.69. The van der Waals surface area contributed by atoms with Crippen molar-refractivity contribution in [3.8, 4) is 0 Å². The van der Waals surface area contributed by atoms with Crippen molar-refractivity contribution in [3.63, 3.8) is 0 Å². The normalized spacial score (nSPS) is 11.9. The molecule has 20 heavy (non-hydrogen) atoms. The third-order valence-electron chi connectivity index (χ3n) is 3.27. The second kappa shape index (κ2) is 6.19. The van der Waals surface area contributed by atoms with Crippen LogP contribution in [0.3, 0.4) is 0 Å². The molecule has 4 heteroatoms. The lowest BCUT2D eigenvalue weighted by molar-refractivity contribution is 0.0934. The van der Waals surface area contributed by atoms with Crippen LogP contribution < -0.4 is 11.1 Å². The average molecular weight is 269 g/mol. The van der Waals surface area contributed by atoms with Crippen LogP contribution in [-0.2, 0) is 0 Å². The highest BCUT2D eigenvalue weighted by atomic mass is 16.1. The van der Waals surface area contributed by atoms with Gasteiger partial charge in [-0.3, -0.25) is 9.78 Å². The second-order valence-electron chi connectivity index (χ2n) is 4.75. The molecule has 0 aliphatic rings. The molecular weight excluding hydrogens is 250 g/mol. The fourth-order valence-corrected chi connectivity index (χ4v) is 2.12. The van der Waals surface area contributed by atoms with Gasteiger partial charge in [0.15, 0.2) is 0 Å². The van der Waals surface area contributed by atoms with E-state index in [1.54, 1.807) is 19.2 Å². The van der Waals surface area contributed by atoms with E-state index >= 15 is 0 Å². The van der Waals surface area contributed by atoms with Crippen molar-refractivity contribution in [3.05, 3.63) is 59.4 Å². The van der Waals surface area contributed by atoms with Crippen LogP contribution in [0.15, 0.2) is 42.6 Å². The summed E-state index contributed by atoms with van der Waals surface area (Å²) in [7, 11) is 0. The Morgan fingerprint density at radius 1 is 1.35 bits per heavy atom. The fourth-order valence-electron chi connectivity index (χ4n) is 2.12. The Morgan fingerprint density at radius 2 is 2.05 bits per heavy atom. The number of aromatic nitrogens is 1. The number of anilines is 1. The lowest BCUT2D eigenvalue weighted by Crippen LogP contribution is -2.29. The van der Waals surface area contributed by atoms with Gasteiger partial charge in [0.1, 0.15) is 0 Å². The zero-order chi connectivity index (χ0) is 14.5. The Bertz CT molecular complexity index is 596. The van der Waals surface area contributed by atoms with Crippen LogP contribution in [0.4, 0.5) is 5.69 Å². The number of nitrogen functional groups attached to an aromatic ring is 1. The fraction of sp³-hybridized carbons (Fsp3) is 0.250. The minimum absolute atomic E-state index is 0.00969. The minimum Gasteiger partial charge on any atom is -0.397 e. The molecule has 0 spiro atoms. The molecule has 4 nitrogen and oxygen atoms in total. The molecular formula is C16H19N3O. The first-order chi connectivity index (χ1) is 9.61. The van der Waals surface area contributed by atoms with Gasteiger partial charge in [-0.2, -0.15) is 0 Å². The minimum atomic E-state index is -0.141. The van der Waals surface area contributed by atoms with Gasteiger partial charge in [-0.15, -0.1) is 0 Å². The van der Waals surface area contributed by atoms with E-state index in [4.69, 9.17) is 5.73 Å². The van der Waals surface area contributed by atoms with E-state index in [2.05, 4.69) is 10.3 Å². The molecule has 0 radical (unpaired) electrons. The molecule has 0 aliphatic heterocycles. The smallest absolute Gasteiger partial charge is 0.253 e. The summed E-state index contributed by atoms with van der Waals surface area (Å²) in [6.07, 6.45) is 2.38. The number of hydrogen-bond donors (Lipinski definition) is 2. The highest BCUT2D eigenvalue weighted by Crippen LogP contribution is 2.18. The number of carbonyl (C=O) groups is 1. The van der Waals surface area contributed by atoms with E-state index in [9.17, 15) is 4.79 Å². The molecule has 3 N–H and O–H groups in total. The lowest BCUT2D eigenvalue weighted by Gasteiger charge is -2.18. The Balaban J connectivity index is 2.20. The molecule has 1 aromatic heterocycles. The predicted octanol–water partition coefficient (Wildman–Crippen LogP) is 2.85. The standard InChI is InChI=1S/C16H19N3O/c1-3-15(12-7-5-4-6-8-12)19-16(20)14-9-13(17)10-18-11(14)2/h4-10,15H,3,17H2,1-2H3,(H,19,20). The van der Waals surface area contributed by atoms with Crippen LogP contribution in [0.25, 0.3) is 0 Å². The maximum absolute atomic E-state index is 12.4. The van der Waals surface area contributed by atoms with Crippen LogP contribution >= 0.6 is 0 Å². The Morgan fingerprint density at radius 3 is 2.70 bits per heavy atom. The molecule has 104 valence electrons. The first kappa shape index (κ1) is 14.1. The number of hydrogen-bond acceptors (Lipinski definition) is 3. The van der Waals surface area contributed by atoms with Gasteiger partial charge in [-0.25, -0.2) is 0 Å². The Labute approximate surface area is 119 Å². The number of nitrogens with two attached hydrogens (primary N) is 1. The number of benzene rings is 1. The highest BCUT2D eigenvalue weighted by Gasteiger charge is 2.16. The summed E-state index contributed by atoms with van der Waals surface area (Å²) < 4.78 is 0. The van der Waals surface area contributed by atoms with Gasteiger partial charge in [0.2, 0.25) is 0 Å². The van der Waals surface area contributed by atoms with E-state index in [-0.39, 0.29) is 11.9 Å². The summed E-state index contributed by atoms with van der Waals surface area (Å²) in [5.41, 5.74) is 8.49. The third kappa shape index (κ3) is 3.15. The molecule has 0 saturated carbocycles. The molecule has 0 bridgehead atoms. The molecule has 1 amide bonds. The van der Waals surface area contributed by atoms with Crippen molar-refractivity contribution in [1.29, 1.82) is 0 Å². The SMILES string of the molecule is CCC(NC(=O)c1cc(N)cnc1C)c1ccccc1. The van der Waals surface area contributed by atoms with Crippen LogP contribution in [0.5, 0.6) is 0 Å². The van der Waals surface area contributed by atoms with Gasteiger partial charge < -0.3 is 11.1 Å². The van der Waals surface area contributed by atoms with Gasteiger partial charge >= 0.3 is 0 Å². The van der Waals surface area contributed by atoms with Crippen LogP contribution in [0.2, 0.25) is 0 Å². The number of pyridine rings is 1. The summed E-state index contributed by atoms with van der Waals surface area (Å²) in [4.78, 5) is 16.5. The van der Waals surface area contributed by atoms with Crippen molar-refractivity contribution in [2.75, 3.05) is 5.73 Å². The molecule has 2 aromatic rings. The maximum atomic E-state index is 12.4. The van der Waals surface area contributed by atoms with Gasteiger partial charge in [-0.1, -0.05) is 37.3 Å². The number of nitrogens with one attached hydrogen (secondary N) is 1. The molecule has 1 atom stereocenters. The summed E-state index contributed by atoms with van der Waals surface area (Å²) in [5, 5.41) is 3.03.